The molecule has 0 radical (unpaired) electrons. The summed E-state index contributed by atoms with van der Waals surface area (Å²) in [4.78, 5) is 26.5. The van der Waals surface area contributed by atoms with Gasteiger partial charge >= 0.3 is 5.97 Å². The lowest BCUT2D eigenvalue weighted by Crippen LogP contribution is -2.76. The van der Waals surface area contributed by atoms with Crippen LogP contribution in [0.1, 0.15) is 80.5 Å². The molecule has 0 aromatic heterocycles. The molecule has 6 atom stereocenters. The van der Waals surface area contributed by atoms with E-state index in [0.717, 1.165) is 81.9 Å². The van der Waals surface area contributed by atoms with Crippen LogP contribution < -0.4 is 14.9 Å². The number of carbonyl (C=O) groups is 2. The first-order chi connectivity index (χ1) is 23.3. The molecule has 2 aliphatic heterocycles. The van der Waals surface area contributed by atoms with Gasteiger partial charge in [-0.3, -0.25) is 9.59 Å². The molecule has 2 bridgehead atoms. The maximum absolute atomic E-state index is 14.5. The molecule has 1 saturated carbocycles. The summed E-state index contributed by atoms with van der Waals surface area (Å²) in [6.45, 7) is 6.93. The number of rotatable bonds is 13. The third-order valence-corrected chi connectivity index (χ3v) is 11.9. The van der Waals surface area contributed by atoms with Crippen LogP contribution in [0, 0.1) is 11.8 Å². The lowest BCUT2D eigenvalue weighted by atomic mass is 9.51. The largest absolute Gasteiger partial charge is 0.508 e. The van der Waals surface area contributed by atoms with Gasteiger partial charge in [-0.15, -0.1) is 0 Å². The molecule has 48 heavy (non-hydrogen) atoms. The number of aromatic hydroxyl groups is 1. The lowest BCUT2D eigenvalue weighted by Gasteiger charge is -2.60. The van der Waals surface area contributed by atoms with Crippen molar-refractivity contribution in [1.29, 1.82) is 0 Å². The van der Waals surface area contributed by atoms with Crippen LogP contribution in [-0.4, -0.2) is 46.8 Å². The molecule has 1 saturated heterocycles. The van der Waals surface area contributed by atoms with Crippen molar-refractivity contribution in [2.45, 2.75) is 95.1 Å². The maximum Gasteiger partial charge on any atom is 0.308 e. The van der Waals surface area contributed by atoms with E-state index in [2.05, 4.69) is 66.6 Å². The Labute approximate surface area is 284 Å². The number of phenolic OH excluding ortho intramolecular Hbond substituents is 1. The number of benzene rings is 3. The highest BCUT2D eigenvalue weighted by Crippen LogP contribution is 2.66. The number of hydrogen-bond donors (Lipinski definition) is 2. The average molecular weight is 650 g/mol. The molecule has 2 unspecified atom stereocenters. The van der Waals surface area contributed by atoms with Gasteiger partial charge in [0, 0.05) is 48.8 Å². The Kier molecular flexibility index (Phi) is 9.08. The first kappa shape index (κ1) is 32.4. The average Bonchev–Trinajstić information content (AvgIpc) is 3.42. The predicted molar refractivity (Wildman–Crippen MR) is 186 cm³/mol. The van der Waals surface area contributed by atoms with Crippen LogP contribution in [0.3, 0.4) is 0 Å². The molecular weight excluding hydrogens is 600 g/mol. The number of esters is 1. The number of ether oxygens (including phenoxy) is 2. The normalized spacial score (nSPS) is 26.9. The van der Waals surface area contributed by atoms with E-state index in [1.165, 1.54) is 18.1 Å². The first-order valence-corrected chi connectivity index (χ1v) is 18.0. The summed E-state index contributed by atoms with van der Waals surface area (Å²) in [7, 11) is 0. The van der Waals surface area contributed by atoms with Crippen molar-refractivity contribution in [2.24, 2.45) is 11.8 Å². The SMILES string of the molecule is C=CC[N+]1(NC(=O)C(CCCCc2ccccc2)CCc2ccccc2)CC[C@]23c4c5c(O)cc(OC(C)=O)c4O[C@H]2CCC[C@H]3[C@H]1C5. The summed E-state index contributed by atoms with van der Waals surface area (Å²) in [5, 5.41) is 11.4. The minimum absolute atomic E-state index is 0.0335. The summed E-state index contributed by atoms with van der Waals surface area (Å²) >= 11 is 0. The molecular formula is C41H49N2O5+. The zero-order valence-electron chi connectivity index (χ0n) is 28.2. The van der Waals surface area contributed by atoms with Crippen molar-refractivity contribution in [3.05, 3.63) is 102 Å². The topological polar surface area (TPSA) is 84.9 Å². The fourth-order valence-corrected chi connectivity index (χ4v) is 9.78. The number of quaternary nitrogens is 1. The molecule has 3 aromatic rings. The van der Waals surface area contributed by atoms with E-state index in [1.54, 1.807) is 6.07 Å². The van der Waals surface area contributed by atoms with Crippen LogP contribution in [0.5, 0.6) is 17.2 Å². The Morgan fingerprint density at radius 1 is 1.06 bits per heavy atom. The molecule has 1 amide bonds. The molecule has 2 aliphatic carbocycles. The number of unbranched alkanes of at least 4 members (excludes halogenated alkanes) is 1. The molecule has 7 heteroatoms. The molecule has 4 aliphatic rings. The van der Waals surface area contributed by atoms with Gasteiger partial charge in [-0.05, 0) is 68.6 Å². The number of nitrogens with zero attached hydrogens (tertiary/aromatic N) is 1. The van der Waals surface area contributed by atoms with Crippen molar-refractivity contribution in [2.75, 3.05) is 13.1 Å². The Bertz CT molecular complexity index is 1660. The summed E-state index contributed by atoms with van der Waals surface area (Å²) in [6, 6.07) is 22.7. The van der Waals surface area contributed by atoms with Crippen LogP contribution in [0.4, 0.5) is 0 Å². The maximum atomic E-state index is 14.5. The first-order valence-electron chi connectivity index (χ1n) is 18.0. The van der Waals surface area contributed by atoms with Crippen molar-refractivity contribution >= 4 is 11.9 Å². The van der Waals surface area contributed by atoms with Gasteiger partial charge in [0.25, 0.3) is 5.91 Å². The summed E-state index contributed by atoms with van der Waals surface area (Å²) in [6.07, 6.45) is 11.9. The van der Waals surface area contributed by atoms with Gasteiger partial charge in [0.1, 0.15) is 31.0 Å². The number of likely N-dealkylation sites (tertiary alicyclic amines) is 1. The van der Waals surface area contributed by atoms with E-state index in [9.17, 15) is 14.7 Å². The highest BCUT2D eigenvalue weighted by Gasteiger charge is 2.69. The van der Waals surface area contributed by atoms with Gasteiger partial charge in [0.05, 0.1) is 5.41 Å². The monoisotopic (exact) mass is 649 g/mol. The fourth-order valence-electron chi connectivity index (χ4n) is 9.78. The number of hydrogen-bond acceptors (Lipinski definition) is 5. The molecule has 2 fully saturated rings. The van der Waals surface area contributed by atoms with Crippen LogP contribution in [0.15, 0.2) is 79.4 Å². The lowest BCUT2D eigenvalue weighted by molar-refractivity contribution is -0.989. The van der Waals surface area contributed by atoms with E-state index in [1.807, 2.05) is 12.1 Å². The van der Waals surface area contributed by atoms with E-state index < -0.39 is 5.97 Å². The minimum atomic E-state index is -0.429. The summed E-state index contributed by atoms with van der Waals surface area (Å²) in [5.41, 5.74) is 7.93. The zero-order chi connectivity index (χ0) is 33.3. The van der Waals surface area contributed by atoms with Crippen LogP contribution in [-0.2, 0) is 34.3 Å². The third-order valence-electron chi connectivity index (χ3n) is 11.9. The Morgan fingerprint density at radius 2 is 1.79 bits per heavy atom. The molecule has 1 spiro atoms. The van der Waals surface area contributed by atoms with Gasteiger partial charge in [-0.1, -0.05) is 73.7 Å². The van der Waals surface area contributed by atoms with Crippen molar-refractivity contribution in [3.63, 3.8) is 0 Å². The zero-order valence-corrected chi connectivity index (χ0v) is 28.2. The molecule has 2 N–H and O–H groups in total. The molecule has 7 nitrogen and oxygen atoms in total. The van der Waals surface area contributed by atoms with Crippen molar-refractivity contribution in [1.82, 2.24) is 5.43 Å². The second-order valence-electron chi connectivity index (χ2n) is 14.5. The molecule has 2 heterocycles. The number of phenols is 1. The Balaban J connectivity index is 1.17. The molecule has 252 valence electrons. The van der Waals surface area contributed by atoms with Gasteiger partial charge in [0.2, 0.25) is 0 Å². The Hall–Kier alpha value is -4.10. The van der Waals surface area contributed by atoms with E-state index in [-0.39, 0.29) is 41.1 Å². The van der Waals surface area contributed by atoms with Gasteiger partial charge in [0.15, 0.2) is 11.5 Å². The van der Waals surface area contributed by atoms with Gasteiger partial charge in [-0.2, -0.15) is 0 Å². The number of carbonyl (C=O) groups excluding carboxylic acids is 2. The summed E-state index contributed by atoms with van der Waals surface area (Å²) < 4.78 is 12.7. The minimum Gasteiger partial charge on any atom is -0.508 e. The van der Waals surface area contributed by atoms with Gasteiger partial charge in [-0.25, -0.2) is 10.0 Å². The second-order valence-corrected chi connectivity index (χ2v) is 14.5. The quantitative estimate of drug-likeness (QED) is 0.0676. The van der Waals surface area contributed by atoms with E-state index >= 15 is 0 Å². The number of piperidine rings is 1. The predicted octanol–water partition coefficient (Wildman–Crippen LogP) is 7.14. The number of nitrogens with one attached hydrogen (secondary N) is 1. The van der Waals surface area contributed by atoms with E-state index in [4.69, 9.17) is 9.47 Å². The highest BCUT2D eigenvalue weighted by molar-refractivity contribution is 5.77. The Morgan fingerprint density at radius 3 is 2.50 bits per heavy atom. The van der Waals surface area contributed by atoms with Gasteiger partial charge < -0.3 is 14.6 Å². The number of aryl methyl sites for hydroxylation is 2. The smallest absolute Gasteiger partial charge is 0.308 e. The van der Waals surface area contributed by atoms with Crippen LogP contribution in [0.25, 0.3) is 0 Å². The fraction of sp³-hybridized carbons (Fsp3) is 0.463. The van der Waals surface area contributed by atoms with E-state index in [0.29, 0.717) is 29.1 Å². The molecule has 7 rings (SSSR count). The second kappa shape index (κ2) is 13.4. The van der Waals surface area contributed by atoms with Crippen LogP contribution in [0.2, 0.25) is 0 Å². The van der Waals surface area contributed by atoms with Crippen LogP contribution >= 0.6 is 0 Å². The van der Waals surface area contributed by atoms with Crippen molar-refractivity contribution in [3.8, 4) is 17.2 Å². The third kappa shape index (κ3) is 5.80. The molecule has 3 aromatic carbocycles. The standard InChI is InChI=1S/C41H48N2O5/c1-3-24-43(42-40(46)31(22-21-30-15-8-5-9-16-30)18-11-10-17-29-13-6-4-7-14-29)25-23-41-33-19-12-20-37(41)48-39-36(47-28(2)44)27-35(45)32(38(39)41)26-34(33)43/h3-9,13-16,27,31,33-34,37H,1,10-12,17-26H2,2H3,(H-,42,45,46)/p+1/t31?,33-,34+,37-,41+,43?/m0/s1. The van der Waals surface area contributed by atoms with Crippen molar-refractivity contribution < 1.29 is 28.8 Å². The number of amides is 1. The highest BCUT2D eigenvalue weighted by atomic mass is 16.6. The summed E-state index contributed by atoms with van der Waals surface area (Å²) in [5.74, 6) is 0.955.